The average molecular weight is 353 g/mol. The molecule has 0 bridgehead atoms. The Balaban J connectivity index is 1.82. The van der Waals surface area contributed by atoms with Gasteiger partial charge in [-0.2, -0.15) is 0 Å². The molecule has 1 fully saturated rings. The third-order valence-electron chi connectivity index (χ3n) is 5.05. The lowest BCUT2D eigenvalue weighted by molar-refractivity contribution is 0.235. The maximum absolute atomic E-state index is 6.62. The summed E-state index contributed by atoms with van der Waals surface area (Å²) in [6, 6.07) is 10.6. The molecule has 130 valence electrons. The van der Waals surface area contributed by atoms with Crippen LogP contribution in [0.15, 0.2) is 35.2 Å². The number of hydrogen-bond acceptors (Lipinski definition) is 3. The first-order chi connectivity index (χ1) is 10.9. The first-order valence-electron chi connectivity index (χ1n) is 8.85. The third-order valence-corrected chi connectivity index (χ3v) is 12.2. The SMILES string of the molecule is CC(C)[Si](OC[C@@H]1O[C@@H]1CSc1ccccc1)(C(C)C)C(C)C. The maximum atomic E-state index is 6.62. The molecule has 0 spiro atoms. The number of hydrogen-bond donors (Lipinski definition) is 0. The highest BCUT2D eigenvalue weighted by Gasteiger charge is 2.48. The Labute approximate surface area is 147 Å². The maximum Gasteiger partial charge on any atom is 0.200 e. The molecule has 0 aromatic heterocycles. The van der Waals surface area contributed by atoms with Crippen molar-refractivity contribution in [3.05, 3.63) is 30.3 Å². The summed E-state index contributed by atoms with van der Waals surface area (Å²) in [4.78, 5) is 1.32. The molecule has 2 nitrogen and oxygen atoms in total. The van der Waals surface area contributed by atoms with Crippen LogP contribution in [0.25, 0.3) is 0 Å². The van der Waals surface area contributed by atoms with Crippen LogP contribution in [0, 0.1) is 0 Å². The Kier molecular flexibility index (Phi) is 6.78. The first-order valence-corrected chi connectivity index (χ1v) is 12.0. The second-order valence-electron chi connectivity index (χ2n) is 7.47. The molecule has 0 saturated carbocycles. The molecule has 1 aromatic carbocycles. The lowest BCUT2D eigenvalue weighted by Crippen LogP contribution is -2.48. The van der Waals surface area contributed by atoms with Gasteiger partial charge >= 0.3 is 0 Å². The van der Waals surface area contributed by atoms with Gasteiger partial charge in [-0.3, -0.25) is 0 Å². The van der Waals surface area contributed by atoms with Crippen molar-refractivity contribution in [3.63, 3.8) is 0 Å². The summed E-state index contributed by atoms with van der Waals surface area (Å²) in [7, 11) is -1.75. The second-order valence-corrected chi connectivity index (χ2v) is 14.0. The number of benzene rings is 1. The minimum absolute atomic E-state index is 0.300. The Bertz CT molecular complexity index is 454. The lowest BCUT2D eigenvalue weighted by atomic mass is 10.4. The van der Waals surface area contributed by atoms with E-state index in [0.717, 1.165) is 12.4 Å². The fraction of sp³-hybridized carbons (Fsp3) is 0.684. The molecule has 0 radical (unpaired) electrons. The Morgan fingerprint density at radius 3 is 2.04 bits per heavy atom. The van der Waals surface area contributed by atoms with Crippen molar-refractivity contribution in [2.24, 2.45) is 0 Å². The molecule has 1 aliphatic rings. The van der Waals surface area contributed by atoms with Crippen LogP contribution in [-0.2, 0) is 9.16 Å². The summed E-state index contributed by atoms with van der Waals surface area (Å²) >= 11 is 1.88. The van der Waals surface area contributed by atoms with Crippen LogP contribution in [-0.4, -0.2) is 32.9 Å². The zero-order valence-electron chi connectivity index (χ0n) is 15.4. The molecule has 1 aromatic rings. The number of epoxide rings is 1. The minimum atomic E-state index is -1.75. The van der Waals surface area contributed by atoms with Gasteiger partial charge in [0.25, 0.3) is 0 Å². The molecule has 2 rings (SSSR count). The van der Waals surface area contributed by atoms with Crippen molar-refractivity contribution in [1.82, 2.24) is 0 Å². The fourth-order valence-corrected chi connectivity index (χ4v) is 10.3. The zero-order valence-corrected chi connectivity index (χ0v) is 17.2. The van der Waals surface area contributed by atoms with E-state index < -0.39 is 8.32 Å². The normalized spacial score (nSPS) is 21.4. The Morgan fingerprint density at radius 1 is 0.957 bits per heavy atom. The highest BCUT2D eigenvalue weighted by atomic mass is 32.2. The lowest BCUT2D eigenvalue weighted by Gasteiger charge is -2.42. The van der Waals surface area contributed by atoms with E-state index in [1.165, 1.54) is 4.90 Å². The highest BCUT2D eigenvalue weighted by Crippen LogP contribution is 2.43. The summed E-state index contributed by atoms with van der Waals surface area (Å²) in [5.41, 5.74) is 1.91. The molecule has 1 aliphatic heterocycles. The molecular weight excluding hydrogens is 320 g/mol. The largest absolute Gasteiger partial charge is 0.413 e. The van der Waals surface area contributed by atoms with Crippen LogP contribution in [0.5, 0.6) is 0 Å². The number of ether oxygens (including phenoxy) is 1. The van der Waals surface area contributed by atoms with Gasteiger partial charge in [-0.15, -0.1) is 11.8 Å². The number of rotatable bonds is 9. The molecular formula is C19H32O2SSi. The first kappa shape index (κ1) is 19.0. The zero-order chi connectivity index (χ0) is 17.0. The monoisotopic (exact) mass is 352 g/mol. The molecule has 2 atom stereocenters. The van der Waals surface area contributed by atoms with Crippen molar-refractivity contribution in [2.75, 3.05) is 12.4 Å². The Hall–Kier alpha value is -0.293. The van der Waals surface area contributed by atoms with Crippen molar-refractivity contribution in [3.8, 4) is 0 Å². The van der Waals surface area contributed by atoms with Gasteiger partial charge in [-0.05, 0) is 28.8 Å². The molecule has 0 N–H and O–H groups in total. The van der Waals surface area contributed by atoms with Crippen molar-refractivity contribution in [2.45, 2.75) is 75.3 Å². The van der Waals surface area contributed by atoms with Gasteiger partial charge < -0.3 is 9.16 Å². The molecule has 0 unspecified atom stereocenters. The highest BCUT2D eigenvalue weighted by molar-refractivity contribution is 7.99. The summed E-state index contributed by atoms with van der Waals surface area (Å²) in [5, 5.41) is 0. The third kappa shape index (κ3) is 4.62. The van der Waals surface area contributed by atoms with Gasteiger partial charge in [0.05, 0.1) is 12.7 Å². The van der Waals surface area contributed by atoms with Crippen molar-refractivity contribution >= 4 is 20.1 Å². The molecule has 1 heterocycles. The summed E-state index contributed by atoms with van der Waals surface area (Å²) in [6.07, 6.45) is 0.660. The number of thioether (sulfide) groups is 1. The van der Waals surface area contributed by atoms with E-state index in [1.54, 1.807) is 0 Å². The van der Waals surface area contributed by atoms with Gasteiger partial charge in [-0.25, -0.2) is 0 Å². The van der Waals surface area contributed by atoms with Gasteiger partial charge in [0, 0.05) is 10.6 Å². The predicted molar refractivity (Wildman–Crippen MR) is 103 cm³/mol. The molecule has 4 heteroatoms. The quantitative estimate of drug-likeness (QED) is 0.321. The molecule has 1 saturated heterocycles. The van der Waals surface area contributed by atoms with E-state index in [4.69, 9.17) is 9.16 Å². The van der Waals surface area contributed by atoms with E-state index in [9.17, 15) is 0 Å². The predicted octanol–water partition coefficient (Wildman–Crippen LogP) is 5.74. The molecule has 0 aliphatic carbocycles. The standard InChI is InChI=1S/C19H32O2SSi/c1-14(2)23(15(3)4,16(5)6)20-12-18-19(21-18)13-22-17-10-8-7-9-11-17/h7-11,14-16,18-19H,12-13H2,1-6H3/t18-,19+/m0/s1. The van der Waals surface area contributed by atoms with E-state index in [2.05, 4.69) is 71.9 Å². The van der Waals surface area contributed by atoms with Crippen molar-refractivity contribution in [1.29, 1.82) is 0 Å². The van der Waals surface area contributed by atoms with E-state index in [-0.39, 0.29) is 0 Å². The van der Waals surface area contributed by atoms with Crippen LogP contribution in [0.2, 0.25) is 16.6 Å². The van der Waals surface area contributed by atoms with Crippen LogP contribution in [0.1, 0.15) is 41.5 Å². The molecule has 0 amide bonds. The van der Waals surface area contributed by atoms with Crippen molar-refractivity contribution < 1.29 is 9.16 Å². The van der Waals surface area contributed by atoms with Gasteiger partial charge in [0.15, 0.2) is 8.32 Å². The smallest absolute Gasteiger partial charge is 0.200 e. The summed E-state index contributed by atoms with van der Waals surface area (Å²) in [6.45, 7) is 14.8. The van der Waals surface area contributed by atoms with Crippen LogP contribution in [0.3, 0.4) is 0 Å². The minimum Gasteiger partial charge on any atom is -0.413 e. The van der Waals surface area contributed by atoms with E-state index in [0.29, 0.717) is 28.8 Å². The fourth-order valence-electron chi connectivity index (χ4n) is 3.89. The second kappa shape index (κ2) is 8.19. The van der Waals surface area contributed by atoms with Crippen LogP contribution >= 0.6 is 11.8 Å². The van der Waals surface area contributed by atoms with Crippen LogP contribution in [0.4, 0.5) is 0 Å². The van der Waals surface area contributed by atoms with Gasteiger partial charge in [0.2, 0.25) is 0 Å². The van der Waals surface area contributed by atoms with E-state index in [1.807, 2.05) is 11.8 Å². The van der Waals surface area contributed by atoms with Gasteiger partial charge in [0.1, 0.15) is 6.10 Å². The van der Waals surface area contributed by atoms with Gasteiger partial charge in [-0.1, -0.05) is 59.7 Å². The summed E-state index contributed by atoms with van der Waals surface area (Å²) in [5.74, 6) is 1.03. The molecule has 23 heavy (non-hydrogen) atoms. The summed E-state index contributed by atoms with van der Waals surface area (Å²) < 4.78 is 12.5. The average Bonchev–Trinajstić information content (AvgIpc) is 3.24. The van der Waals surface area contributed by atoms with E-state index >= 15 is 0 Å². The Morgan fingerprint density at radius 2 is 1.52 bits per heavy atom. The topological polar surface area (TPSA) is 21.8 Å². The van der Waals surface area contributed by atoms with Crippen LogP contribution < -0.4 is 0 Å².